The zero-order valence-corrected chi connectivity index (χ0v) is 9.40. The van der Waals surface area contributed by atoms with E-state index in [0.29, 0.717) is 13.0 Å². The fourth-order valence-corrected chi connectivity index (χ4v) is 1.47. The molecule has 0 unspecified atom stereocenters. The molecule has 0 aliphatic heterocycles. The van der Waals surface area contributed by atoms with Crippen LogP contribution in [0.2, 0.25) is 0 Å². The maximum atomic E-state index is 11.1. The number of ether oxygens (including phenoxy) is 1. The van der Waals surface area contributed by atoms with Crippen LogP contribution in [0.4, 0.5) is 0 Å². The number of aromatic nitrogens is 1. The number of hydrogen-bond donors (Lipinski definition) is 0. The molecule has 0 aromatic carbocycles. The normalized spacial score (nSPS) is 10.0. The van der Waals surface area contributed by atoms with Gasteiger partial charge in [0.2, 0.25) is 0 Å². The van der Waals surface area contributed by atoms with Crippen LogP contribution in [-0.4, -0.2) is 12.6 Å². The van der Waals surface area contributed by atoms with E-state index in [4.69, 9.17) is 4.74 Å². The summed E-state index contributed by atoms with van der Waals surface area (Å²) in [5, 5.41) is 0. The number of rotatable bonds is 5. The minimum absolute atomic E-state index is 0.101. The van der Waals surface area contributed by atoms with Gasteiger partial charge in [-0.3, -0.25) is 4.79 Å². The van der Waals surface area contributed by atoms with E-state index in [1.807, 2.05) is 32.3 Å². The van der Waals surface area contributed by atoms with Crippen LogP contribution >= 0.6 is 0 Å². The zero-order valence-electron chi connectivity index (χ0n) is 9.40. The number of nitrogens with zero attached hydrogens (tertiary/aromatic N) is 1. The van der Waals surface area contributed by atoms with E-state index in [2.05, 4.69) is 10.6 Å². The Bertz CT molecular complexity index is 323. The summed E-state index contributed by atoms with van der Waals surface area (Å²) < 4.78 is 6.94. The zero-order chi connectivity index (χ0) is 11.1. The van der Waals surface area contributed by atoms with E-state index in [9.17, 15) is 4.79 Å². The first-order valence-electron chi connectivity index (χ1n) is 5.33. The van der Waals surface area contributed by atoms with Gasteiger partial charge in [0.05, 0.1) is 6.61 Å². The Hall–Kier alpha value is -1.38. The first-order valence-corrected chi connectivity index (χ1v) is 5.33. The van der Waals surface area contributed by atoms with E-state index in [1.54, 1.807) is 0 Å². The maximum Gasteiger partial charge on any atom is 0.305 e. The second-order valence-corrected chi connectivity index (χ2v) is 3.46. The van der Waals surface area contributed by atoms with Gasteiger partial charge >= 0.3 is 5.97 Å². The largest absolute Gasteiger partial charge is 0.466 e. The predicted molar refractivity (Wildman–Crippen MR) is 57.2 cm³/mol. The Morgan fingerprint density at radius 1 is 1.47 bits per heavy atom. The van der Waals surface area contributed by atoms with Crippen molar-refractivity contribution in [1.82, 2.24) is 0 Å². The Morgan fingerprint density at radius 2 is 2.27 bits per heavy atom. The van der Waals surface area contributed by atoms with Crippen LogP contribution in [0.5, 0.6) is 0 Å². The van der Waals surface area contributed by atoms with Gasteiger partial charge in [0, 0.05) is 25.0 Å². The van der Waals surface area contributed by atoms with Crippen molar-refractivity contribution in [3.05, 3.63) is 30.1 Å². The second-order valence-electron chi connectivity index (χ2n) is 3.46. The van der Waals surface area contributed by atoms with Crippen molar-refractivity contribution < 1.29 is 14.1 Å². The summed E-state index contributed by atoms with van der Waals surface area (Å²) in [6.45, 7) is 2.30. The predicted octanol–water partition coefficient (Wildman–Crippen LogP) is 1.40. The molecule has 1 aromatic heterocycles. The Kier molecular flexibility index (Phi) is 4.81. The molecular weight excluding hydrogens is 190 g/mol. The monoisotopic (exact) mass is 208 g/mol. The van der Waals surface area contributed by atoms with Crippen LogP contribution in [0.3, 0.4) is 0 Å². The molecular formula is C12H18NO2+. The van der Waals surface area contributed by atoms with Crippen molar-refractivity contribution in [2.45, 2.75) is 26.2 Å². The lowest BCUT2D eigenvalue weighted by Crippen LogP contribution is -2.32. The Morgan fingerprint density at radius 3 is 2.93 bits per heavy atom. The topological polar surface area (TPSA) is 30.2 Å². The number of carbonyl (C=O) groups excluding carboxylic acids is 1. The minimum atomic E-state index is -0.101. The fourth-order valence-electron chi connectivity index (χ4n) is 1.47. The molecule has 0 radical (unpaired) electrons. The summed E-state index contributed by atoms with van der Waals surface area (Å²) in [6.07, 6.45) is 4.27. The average molecular weight is 208 g/mol. The van der Waals surface area contributed by atoms with E-state index in [0.717, 1.165) is 12.8 Å². The Labute approximate surface area is 90.7 Å². The molecule has 0 bridgehead atoms. The van der Waals surface area contributed by atoms with Gasteiger partial charge in [0.25, 0.3) is 0 Å². The van der Waals surface area contributed by atoms with E-state index in [-0.39, 0.29) is 5.97 Å². The molecule has 0 saturated heterocycles. The van der Waals surface area contributed by atoms with Gasteiger partial charge < -0.3 is 4.74 Å². The molecule has 0 saturated carbocycles. The molecule has 0 amide bonds. The van der Waals surface area contributed by atoms with Crippen LogP contribution in [0.1, 0.15) is 25.5 Å². The van der Waals surface area contributed by atoms with E-state index in [1.165, 1.54) is 5.69 Å². The van der Waals surface area contributed by atoms with E-state index < -0.39 is 0 Å². The molecule has 0 aliphatic rings. The highest BCUT2D eigenvalue weighted by Gasteiger charge is 2.06. The van der Waals surface area contributed by atoms with Crippen LogP contribution in [-0.2, 0) is 23.0 Å². The molecule has 0 fully saturated rings. The Balaban J connectivity index is 2.32. The molecule has 1 aromatic rings. The smallest absolute Gasteiger partial charge is 0.305 e. The molecule has 0 aliphatic carbocycles. The fraction of sp³-hybridized carbons (Fsp3) is 0.500. The second kappa shape index (κ2) is 6.17. The molecule has 82 valence electrons. The number of esters is 1. The van der Waals surface area contributed by atoms with Gasteiger partial charge in [-0.25, -0.2) is 4.57 Å². The molecule has 15 heavy (non-hydrogen) atoms. The lowest BCUT2D eigenvalue weighted by molar-refractivity contribution is -0.679. The summed E-state index contributed by atoms with van der Waals surface area (Å²) in [6, 6.07) is 6.08. The maximum absolute atomic E-state index is 11.1. The standard InChI is InChI=1S/C12H18NO2/c1-3-15-12(14)9-6-8-11-7-4-5-10-13(11)2/h4-5,7,10H,3,6,8-9H2,1-2H3/q+1. The van der Waals surface area contributed by atoms with E-state index >= 15 is 0 Å². The molecule has 3 heteroatoms. The quantitative estimate of drug-likeness (QED) is 0.541. The van der Waals surface area contributed by atoms with Crippen LogP contribution in [0, 0.1) is 0 Å². The lowest BCUT2D eigenvalue weighted by Gasteiger charge is -2.01. The van der Waals surface area contributed by atoms with Gasteiger partial charge in [-0.05, 0) is 13.3 Å². The number of carbonyl (C=O) groups is 1. The van der Waals surface area contributed by atoms with Crippen molar-refractivity contribution >= 4 is 5.97 Å². The molecule has 0 spiro atoms. The van der Waals surface area contributed by atoms with Gasteiger partial charge in [-0.15, -0.1) is 0 Å². The van der Waals surface area contributed by atoms with Crippen LogP contribution in [0.25, 0.3) is 0 Å². The first kappa shape index (κ1) is 11.7. The highest BCUT2D eigenvalue weighted by atomic mass is 16.5. The molecule has 3 nitrogen and oxygen atoms in total. The van der Waals surface area contributed by atoms with Gasteiger partial charge in [0.15, 0.2) is 11.9 Å². The molecule has 0 N–H and O–H groups in total. The van der Waals surface area contributed by atoms with Gasteiger partial charge in [0.1, 0.15) is 7.05 Å². The van der Waals surface area contributed by atoms with Crippen molar-refractivity contribution in [3.63, 3.8) is 0 Å². The minimum Gasteiger partial charge on any atom is -0.466 e. The summed E-state index contributed by atoms with van der Waals surface area (Å²) in [5.74, 6) is -0.101. The molecule has 1 rings (SSSR count). The lowest BCUT2D eigenvalue weighted by atomic mass is 10.2. The first-order chi connectivity index (χ1) is 7.24. The number of hydrogen-bond acceptors (Lipinski definition) is 2. The summed E-state index contributed by atoms with van der Waals surface area (Å²) in [4.78, 5) is 11.1. The van der Waals surface area contributed by atoms with Crippen molar-refractivity contribution in [2.75, 3.05) is 6.61 Å². The van der Waals surface area contributed by atoms with Crippen molar-refractivity contribution in [3.8, 4) is 0 Å². The summed E-state index contributed by atoms with van der Waals surface area (Å²) >= 11 is 0. The number of pyridine rings is 1. The number of aryl methyl sites for hydroxylation is 2. The average Bonchev–Trinajstić information content (AvgIpc) is 2.21. The van der Waals surface area contributed by atoms with Gasteiger partial charge in [-0.1, -0.05) is 6.07 Å². The third-order valence-electron chi connectivity index (χ3n) is 2.28. The highest BCUT2D eigenvalue weighted by Crippen LogP contribution is 2.00. The van der Waals surface area contributed by atoms with Crippen LogP contribution in [0.15, 0.2) is 24.4 Å². The third kappa shape index (κ3) is 4.11. The molecule has 1 heterocycles. The summed E-state index contributed by atoms with van der Waals surface area (Å²) in [7, 11) is 2.01. The third-order valence-corrected chi connectivity index (χ3v) is 2.28. The van der Waals surface area contributed by atoms with Crippen molar-refractivity contribution in [2.24, 2.45) is 7.05 Å². The van der Waals surface area contributed by atoms with Gasteiger partial charge in [-0.2, -0.15) is 0 Å². The van der Waals surface area contributed by atoms with Crippen molar-refractivity contribution in [1.29, 1.82) is 0 Å². The SMILES string of the molecule is CCOC(=O)CCCc1cccc[n+]1C. The highest BCUT2D eigenvalue weighted by molar-refractivity contribution is 5.69. The van der Waals surface area contributed by atoms with Crippen LogP contribution < -0.4 is 4.57 Å². The molecule has 0 atom stereocenters. The summed E-state index contributed by atoms with van der Waals surface area (Å²) in [5.41, 5.74) is 1.24.